The van der Waals surface area contributed by atoms with Crippen LogP contribution in [0.15, 0.2) is 30.3 Å². The molecule has 7 heteroatoms. The summed E-state index contributed by atoms with van der Waals surface area (Å²) in [4.78, 5) is 14.7. The number of carbonyl (C=O) groups is 1. The van der Waals surface area contributed by atoms with Gasteiger partial charge in [0.1, 0.15) is 11.4 Å². The Morgan fingerprint density at radius 1 is 1.44 bits per heavy atom. The van der Waals surface area contributed by atoms with Gasteiger partial charge in [0, 0.05) is 32.3 Å². The smallest absolute Gasteiger partial charge is 0.269 e. The van der Waals surface area contributed by atoms with Gasteiger partial charge in [-0.3, -0.25) is 9.89 Å². The number of methoxy groups -OCH3 is 1. The lowest BCUT2D eigenvalue weighted by Crippen LogP contribution is -2.32. The number of ether oxygens (including phenoxy) is 1. The summed E-state index contributed by atoms with van der Waals surface area (Å²) in [6.07, 6.45) is 1.09. The molecule has 2 aromatic rings. The molecule has 2 heterocycles. The Morgan fingerprint density at radius 3 is 3.00 bits per heavy atom. The lowest BCUT2D eigenvalue weighted by atomic mass is 10.1. The van der Waals surface area contributed by atoms with E-state index in [-0.39, 0.29) is 11.7 Å². The Balaban J connectivity index is 1.50. The van der Waals surface area contributed by atoms with Crippen molar-refractivity contribution in [3.63, 3.8) is 0 Å². The van der Waals surface area contributed by atoms with Crippen molar-refractivity contribution in [3.8, 4) is 17.0 Å². The van der Waals surface area contributed by atoms with E-state index in [0.717, 1.165) is 38.2 Å². The fourth-order valence-corrected chi connectivity index (χ4v) is 3.05. The molecule has 1 atom stereocenters. The second-order valence-corrected chi connectivity index (χ2v) is 6.37. The molecule has 3 rings (SSSR count). The maximum absolute atomic E-state index is 12.3. The van der Waals surface area contributed by atoms with Crippen molar-refractivity contribution in [1.29, 1.82) is 0 Å². The van der Waals surface area contributed by atoms with Gasteiger partial charge >= 0.3 is 0 Å². The molecule has 1 amide bonds. The number of hydrogen-bond acceptors (Lipinski definition) is 5. The van der Waals surface area contributed by atoms with E-state index in [9.17, 15) is 9.90 Å². The Hall–Kier alpha value is -2.38. The van der Waals surface area contributed by atoms with Crippen LogP contribution in [-0.2, 0) is 4.74 Å². The molecular formula is C18H24N4O3. The van der Waals surface area contributed by atoms with Gasteiger partial charge in [0.15, 0.2) is 0 Å². The van der Waals surface area contributed by atoms with E-state index in [0.29, 0.717) is 23.9 Å². The number of H-pyrrole nitrogens is 1. The molecule has 0 bridgehead atoms. The van der Waals surface area contributed by atoms with E-state index in [1.165, 1.54) is 0 Å². The molecule has 1 aliphatic rings. The van der Waals surface area contributed by atoms with Gasteiger partial charge in [0.25, 0.3) is 5.91 Å². The first-order valence-electron chi connectivity index (χ1n) is 8.50. The summed E-state index contributed by atoms with van der Waals surface area (Å²) in [5.74, 6) is 0.529. The van der Waals surface area contributed by atoms with Crippen LogP contribution in [0.2, 0.25) is 0 Å². The van der Waals surface area contributed by atoms with Crippen LogP contribution >= 0.6 is 0 Å². The first kappa shape index (κ1) is 17.4. The SMILES string of the molecule is COCCN1CCC(CNC(=O)c2cc(-c3ccc(O)cc3)n[nH]2)C1. The summed E-state index contributed by atoms with van der Waals surface area (Å²) in [7, 11) is 1.71. The third-order valence-electron chi connectivity index (χ3n) is 4.52. The van der Waals surface area contributed by atoms with E-state index < -0.39 is 0 Å². The van der Waals surface area contributed by atoms with Crippen LogP contribution in [0, 0.1) is 5.92 Å². The molecule has 3 N–H and O–H groups in total. The molecule has 1 fully saturated rings. The third kappa shape index (κ3) is 4.58. The highest BCUT2D eigenvalue weighted by Crippen LogP contribution is 2.20. The Kier molecular flexibility index (Phi) is 5.67. The van der Waals surface area contributed by atoms with Gasteiger partial charge < -0.3 is 20.1 Å². The van der Waals surface area contributed by atoms with E-state index in [1.54, 1.807) is 37.4 Å². The molecular weight excluding hydrogens is 320 g/mol. The molecule has 1 saturated heterocycles. The summed E-state index contributed by atoms with van der Waals surface area (Å²) in [6, 6.07) is 8.44. The molecule has 25 heavy (non-hydrogen) atoms. The highest BCUT2D eigenvalue weighted by Gasteiger charge is 2.22. The van der Waals surface area contributed by atoms with Crippen LogP contribution < -0.4 is 5.32 Å². The number of phenols is 1. The molecule has 134 valence electrons. The highest BCUT2D eigenvalue weighted by molar-refractivity contribution is 5.93. The van der Waals surface area contributed by atoms with Crippen molar-refractivity contribution in [1.82, 2.24) is 20.4 Å². The normalized spacial score (nSPS) is 17.7. The fraction of sp³-hybridized carbons (Fsp3) is 0.444. The summed E-state index contributed by atoms with van der Waals surface area (Å²) in [6.45, 7) is 4.39. The first-order valence-corrected chi connectivity index (χ1v) is 8.50. The molecule has 1 aliphatic heterocycles. The monoisotopic (exact) mass is 344 g/mol. The molecule has 7 nitrogen and oxygen atoms in total. The van der Waals surface area contributed by atoms with Crippen LogP contribution in [-0.4, -0.2) is 66.0 Å². The predicted molar refractivity (Wildman–Crippen MR) is 94.4 cm³/mol. The summed E-state index contributed by atoms with van der Waals surface area (Å²) in [5.41, 5.74) is 1.96. The zero-order chi connectivity index (χ0) is 17.6. The van der Waals surface area contributed by atoms with E-state index in [4.69, 9.17) is 4.74 Å². The number of hydrogen-bond donors (Lipinski definition) is 3. The highest BCUT2D eigenvalue weighted by atomic mass is 16.5. The van der Waals surface area contributed by atoms with E-state index >= 15 is 0 Å². The molecule has 0 radical (unpaired) electrons. The predicted octanol–water partition coefficient (Wildman–Crippen LogP) is 1.48. The number of likely N-dealkylation sites (tertiary alicyclic amines) is 1. The van der Waals surface area contributed by atoms with Crippen molar-refractivity contribution < 1.29 is 14.6 Å². The topological polar surface area (TPSA) is 90.5 Å². The quantitative estimate of drug-likeness (QED) is 0.708. The fourth-order valence-electron chi connectivity index (χ4n) is 3.05. The number of aromatic nitrogens is 2. The minimum Gasteiger partial charge on any atom is -0.508 e. The van der Waals surface area contributed by atoms with E-state index in [2.05, 4.69) is 20.4 Å². The maximum Gasteiger partial charge on any atom is 0.269 e. The van der Waals surface area contributed by atoms with Crippen LogP contribution in [0.25, 0.3) is 11.3 Å². The minimum absolute atomic E-state index is 0.145. The van der Waals surface area contributed by atoms with Gasteiger partial charge in [0.2, 0.25) is 0 Å². The lowest BCUT2D eigenvalue weighted by Gasteiger charge is -2.15. The number of nitrogens with zero attached hydrogens (tertiary/aromatic N) is 2. The van der Waals surface area contributed by atoms with Crippen molar-refractivity contribution in [2.24, 2.45) is 5.92 Å². The standard InChI is InChI=1S/C18H24N4O3/c1-25-9-8-22-7-6-13(12-22)11-19-18(24)17-10-16(20-21-17)14-2-4-15(23)5-3-14/h2-5,10,13,23H,6-9,11-12H2,1H3,(H,19,24)(H,20,21). The number of aromatic hydroxyl groups is 1. The van der Waals surface area contributed by atoms with Crippen LogP contribution in [0.5, 0.6) is 5.75 Å². The van der Waals surface area contributed by atoms with Crippen molar-refractivity contribution in [2.45, 2.75) is 6.42 Å². The molecule has 0 saturated carbocycles. The number of benzene rings is 1. The van der Waals surface area contributed by atoms with Gasteiger partial charge in [-0.05, 0) is 49.2 Å². The van der Waals surface area contributed by atoms with Crippen LogP contribution in [0.3, 0.4) is 0 Å². The second-order valence-electron chi connectivity index (χ2n) is 6.37. The summed E-state index contributed by atoms with van der Waals surface area (Å²) >= 11 is 0. The van der Waals surface area contributed by atoms with Gasteiger partial charge in [0.05, 0.1) is 12.3 Å². The second kappa shape index (κ2) is 8.13. The largest absolute Gasteiger partial charge is 0.508 e. The Bertz CT molecular complexity index is 699. The number of rotatable bonds is 7. The molecule has 1 aromatic carbocycles. The molecule has 1 aromatic heterocycles. The maximum atomic E-state index is 12.3. The summed E-state index contributed by atoms with van der Waals surface area (Å²) in [5, 5.41) is 19.3. The van der Waals surface area contributed by atoms with Crippen LogP contribution in [0.4, 0.5) is 0 Å². The average molecular weight is 344 g/mol. The van der Waals surface area contributed by atoms with Gasteiger partial charge in [-0.1, -0.05) is 0 Å². The van der Waals surface area contributed by atoms with Crippen molar-refractivity contribution >= 4 is 5.91 Å². The Morgan fingerprint density at radius 2 is 2.24 bits per heavy atom. The number of phenolic OH excluding ortho intramolecular Hbond substituents is 1. The minimum atomic E-state index is -0.145. The number of nitrogens with one attached hydrogen (secondary N) is 2. The van der Waals surface area contributed by atoms with E-state index in [1.807, 2.05) is 0 Å². The number of carbonyl (C=O) groups excluding carboxylic acids is 1. The van der Waals surface area contributed by atoms with Crippen molar-refractivity contribution in [3.05, 3.63) is 36.0 Å². The van der Waals surface area contributed by atoms with Gasteiger partial charge in [-0.15, -0.1) is 0 Å². The third-order valence-corrected chi connectivity index (χ3v) is 4.52. The zero-order valence-electron chi connectivity index (χ0n) is 14.4. The molecule has 1 unspecified atom stereocenters. The zero-order valence-corrected chi connectivity index (χ0v) is 14.4. The molecule has 0 spiro atoms. The first-order chi connectivity index (χ1) is 12.2. The Labute approximate surface area is 147 Å². The lowest BCUT2D eigenvalue weighted by molar-refractivity contribution is 0.0941. The van der Waals surface area contributed by atoms with Crippen molar-refractivity contribution in [2.75, 3.05) is 39.9 Å². The summed E-state index contributed by atoms with van der Waals surface area (Å²) < 4.78 is 5.10. The average Bonchev–Trinajstić information content (AvgIpc) is 3.28. The van der Waals surface area contributed by atoms with Crippen LogP contribution in [0.1, 0.15) is 16.9 Å². The van der Waals surface area contributed by atoms with Gasteiger partial charge in [-0.25, -0.2) is 0 Å². The molecule has 0 aliphatic carbocycles. The number of amides is 1. The number of aromatic amines is 1. The van der Waals surface area contributed by atoms with Gasteiger partial charge in [-0.2, -0.15) is 5.10 Å².